The van der Waals surface area contributed by atoms with Gasteiger partial charge in [0, 0.05) is 12.6 Å². The minimum absolute atomic E-state index is 0.122. The first-order valence-corrected chi connectivity index (χ1v) is 7.23. The summed E-state index contributed by atoms with van der Waals surface area (Å²) in [6, 6.07) is 0.585. The van der Waals surface area contributed by atoms with E-state index in [0.29, 0.717) is 17.9 Å². The summed E-state index contributed by atoms with van der Waals surface area (Å²) in [5, 5.41) is 3.50. The largest absolute Gasteiger partial charge is 0.469 e. The number of hydrogen-bond acceptors (Lipinski definition) is 3. The highest BCUT2D eigenvalue weighted by atomic mass is 16.5. The number of esters is 1. The van der Waals surface area contributed by atoms with Gasteiger partial charge >= 0.3 is 5.97 Å². The molecule has 0 aromatic heterocycles. The van der Waals surface area contributed by atoms with E-state index in [1.54, 1.807) is 0 Å². The third-order valence-electron chi connectivity index (χ3n) is 4.18. The van der Waals surface area contributed by atoms with Gasteiger partial charge in [0.05, 0.1) is 13.5 Å². The highest BCUT2D eigenvalue weighted by Crippen LogP contribution is 2.36. The fourth-order valence-electron chi connectivity index (χ4n) is 2.85. The monoisotopic (exact) mass is 255 g/mol. The molecule has 0 heterocycles. The van der Waals surface area contributed by atoms with Crippen LogP contribution in [0.25, 0.3) is 0 Å². The lowest BCUT2D eigenvalue weighted by atomic mass is 9.76. The lowest BCUT2D eigenvalue weighted by Gasteiger charge is -2.29. The van der Waals surface area contributed by atoms with Gasteiger partial charge in [-0.1, -0.05) is 27.2 Å². The van der Waals surface area contributed by atoms with E-state index in [-0.39, 0.29) is 5.97 Å². The van der Waals surface area contributed by atoms with Crippen molar-refractivity contribution in [2.24, 2.45) is 11.3 Å². The second-order valence-corrected chi connectivity index (χ2v) is 6.55. The van der Waals surface area contributed by atoms with Crippen LogP contribution in [-0.2, 0) is 9.53 Å². The van der Waals surface area contributed by atoms with Crippen molar-refractivity contribution >= 4 is 5.97 Å². The zero-order valence-corrected chi connectivity index (χ0v) is 12.4. The summed E-state index contributed by atoms with van der Waals surface area (Å²) < 4.78 is 4.65. The van der Waals surface area contributed by atoms with E-state index in [9.17, 15) is 4.79 Å². The summed E-state index contributed by atoms with van der Waals surface area (Å²) in [6.45, 7) is 7.80. The van der Waals surface area contributed by atoms with Crippen molar-refractivity contribution < 1.29 is 9.53 Å². The van der Waals surface area contributed by atoms with Crippen molar-refractivity contribution in [3.8, 4) is 0 Å². The topological polar surface area (TPSA) is 38.3 Å². The quantitative estimate of drug-likeness (QED) is 0.619. The van der Waals surface area contributed by atoms with Crippen molar-refractivity contribution in [3.63, 3.8) is 0 Å². The normalized spacial score (nSPS) is 25.6. The Morgan fingerprint density at radius 2 is 1.94 bits per heavy atom. The van der Waals surface area contributed by atoms with E-state index in [2.05, 4.69) is 30.8 Å². The van der Waals surface area contributed by atoms with Crippen molar-refractivity contribution in [3.05, 3.63) is 0 Å². The van der Waals surface area contributed by atoms with E-state index >= 15 is 0 Å². The Morgan fingerprint density at radius 1 is 1.22 bits per heavy atom. The van der Waals surface area contributed by atoms with Gasteiger partial charge in [0.15, 0.2) is 0 Å². The van der Waals surface area contributed by atoms with Gasteiger partial charge < -0.3 is 10.1 Å². The lowest BCUT2D eigenvalue weighted by molar-refractivity contribution is -0.140. The Balaban J connectivity index is 2.27. The van der Waals surface area contributed by atoms with Crippen LogP contribution in [-0.4, -0.2) is 25.7 Å². The van der Waals surface area contributed by atoms with E-state index in [4.69, 9.17) is 0 Å². The lowest BCUT2D eigenvalue weighted by Crippen LogP contribution is -2.31. The fraction of sp³-hybridized carbons (Fsp3) is 0.933. The van der Waals surface area contributed by atoms with Gasteiger partial charge in [0.25, 0.3) is 0 Å². The van der Waals surface area contributed by atoms with Gasteiger partial charge in [-0.25, -0.2) is 0 Å². The second kappa shape index (κ2) is 7.13. The predicted octanol–water partition coefficient (Wildman–Crippen LogP) is 3.13. The first-order valence-electron chi connectivity index (χ1n) is 7.23. The fourth-order valence-corrected chi connectivity index (χ4v) is 2.85. The number of carbonyl (C=O) groups is 1. The predicted molar refractivity (Wildman–Crippen MR) is 74.5 cm³/mol. The van der Waals surface area contributed by atoms with Crippen LogP contribution in [0.2, 0.25) is 0 Å². The molecule has 0 amide bonds. The molecule has 0 bridgehead atoms. The average molecular weight is 255 g/mol. The van der Waals surface area contributed by atoms with Crippen LogP contribution in [0.5, 0.6) is 0 Å². The highest BCUT2D eigenvalue weighted by Gasteiger charge is 2.27. The molecule has 0 aromatic carbocycles. The van der Waals surface area contributed by atoms with Crippen LogP contribution in [0, 0.1) is 11.3 Å². The summed E-state index contributed by atoms with van der Waals surface area (Å²) in [7, 11) is 1.45. The molecule has 2 unspecified atom stereocenters. The summed E-state index contributed by atoms with van der Waals surface area (Å²) >= 11 is 0. The van der Waals surface area contributed by atoms with Crippen LogP contribution in [0.15, 0.2) is 0 Å². The van der Waals surface area contributed by atoms with E-state index in [0.717, 1.165) is 12.5 Å². The smallest absolute Gasteiger partial charge is 0.306 e. The Bertz CT molecular complexity index is 258. The van der Waals surface area contributed by atoms with E-state index in [1.165, 1.54) is 39.2 Å². The van der Waals surface area contributed by atoms with Crippen LogP contribution >= 0.6 is 0 Å². The third-order valence-corrected chi connectivity index (χ3v) is 4.18. The van der Waals surface area contributed by atoms with Gasteiger partial charge in [-0.05, 0) is 37.0 Å². The van der Waals surface area contributed by atoms with E-state index < -0.39 is 0 Å². The number of hydrogen-bond donors (Lipinski definition) is 1. The molecule has 1 N–H and O–H groups in total. The van der Waals surface area contributed by atoms with Gasteiger partial charge in [-0.2, -0.15) is 0 Å². The zero-order chi connectivity index (χ0) is 13.6. The first-order chi connectivity index (χ1) is 8.43. The molecule has 1 aliphatic carbocycles. The molecule has 3 nitrogen and oxygen atoms in total. The average Bonchev–Trinajstić information content (AvgIpc) is 2.53. The number of carbonyl (C=O) groups excluding carboxylic acids is 1. The number of methoxy groups -OCH3 is 1. The van der Waals surface area contributed by atoms with Crippen LogP contribution in [0.4, 0.5) is 0 Å². The number of nitrogens with one attached hydrogen (secondary N) is 1. The van der Waals surface area contributed by atoms with Crippen LogP contribution in [0.3, 0.4) is 0 Å². The van der Waals surface area contributed by atoms with Crippen molar-refractivity contribution in [2.75, 3.05) is 13.7 Å². The van der Waals surface area contributed by atoms with Crippen LogP contribution < -0.4 is 5.32 Å². The Hall–Kier alpha value is -0.570. The molecule has 3 heteroatoms. The molecule has 2 atom stereocenters. The zero-order valence-electron chi connectivity index (χ0n) is 12.4. The van der Waals surface area contributed by atoms with Gasteiger partial charge in [0.1, 0.15) is 0 Å². The maximum Gasteiger partial charge on any atom is 0.306 e. The number of rotatable bonds is 4. The molecule has 106 valence electrons. The minimum Gasteiger partial charge on any atom is -0.469 e. The molecule has 1 aliphatic rings. The minimum atomic E-state index is -0.122. The van der Waals surface area contributed by atoms with Crippen LogP contribution in [0.1, 0.15) is 59.3 Å². The van der Waals surface area contributed by atoms with Crippen molar-refractivity contribution in [1.29, 1.82) is 0 Å². The Labute approximate surface area is 112 Å². The van der Waals surface area contributed by atoms with Gasteiger partial charge in [0.2, 0.25) is 0 Å². The molecular formula is C15H29NO2. The number of ether oxygens (including phenoxy) is 1. The molecule has 0 spiro atoms. The van der Waals surface area contributed by atoms with Gasteiger partial charge in [-0.3, -0.25) is 4.79 Å². The molecule has 18 heavy (non-hydrogen) atoms. The summed E-state index contributed by atoms with van der Waals surface area (Å²) in [5.74, 6) is 0.716. The first kappa shape index (κ1) is 15.5. The van der Waals surface area contributed by atoms with Crippen molar-refractivity contribution in [1.82, 2.24) is 5.32 Å². The molecule has 1 saturated carbocycles. The summed E-state index contributed by atoms with van der Waals surface area (Å²) in [4.78, 5) is 11.0. The molecule has 1 fully saturated rings. The molecule has 0 aliphatic heterocycles. The maximum atomic E-state index is 11.0. The SMILES string of the molecule is COC(=O)CCNC1CCCC(C(C)(C)C)CC1. The molecule has 0 saturated heterocycles. The molecule has 1 rings (SSSR count). The van der Waals surface area contributed by atoms with Crippen molar-refractivity contribution in [2.45, 2.75) is 65.3 Å². The highest BCUT2D eigenvalue weighted by molar-refractivity contribution is 5.69. The Morgan fingerprint density at radius 3 is 2.56 bits per heavy atom. The maximum absolute atomic E-state index is 11.0. The molecule has 0 aromatic rings. The van der Waals surface area contributed by atoms with E-state index in [1.807, 2.05) is 0 Å². The standard InChI is InChI=1S/C15H29NO2/c1-15(2,3)12-6-5-7-13(9-8-12)16-11-10-14(17)18-4/h12-13,16H,5-11H2,1-4H3. The molecule has 0 radical (unpaired) electrons. The summed E-state index contributed by atoms with van der Waals surface area (Å²) in [6.07, 6.45) is 6.92. The Kier molecular flexibility index (Phi) is 6.13. The summed E-state index contributed by atoms with van der Waals surface area (Å²) in [5.41, 5.74) is 0.431. The van der Waals surface area contributed by atoms with Gasteiger partial charge in [-0.15, -0.1) is 0 Å². The second-order valence-electron chi connectivity index (χ2n) is 6.55. The third kappa shape index (κ3) is 5.38. The molecular weight excluding hydrogens is 226 g/mol.